The zero-order valence-corrected chi connectivity index (χ0v) is 12.2. The third-order valence-electron chi connectivity index (χ3n) is 2.86. The predicted octanol–water partition coefficient (Wildman–Crippen LogP) is 2.43. The summed E-state index contributed by atoms with van der Waals surface area (Å²) in [6, 6.07) is 9.84. The number of carboxylic acid groups (broad SMARTS) is 1. The van der Waals surface area contributed by atoms with E-state index >= 15 is 0 Å². The first kappa shape index (κ1) is 15.1. The molecule has 5 nitrogen and oxygen atoms in total. The minimum Gasteiger partial charge on any atom is -0.478 e. The van der Waals surface area contributed by atoms with Crippen LogP contribution in [-0.2, 0) is 6.54 Å². The van der Waals surface area contributed by atoms with Gasteiger partial charge in [0.1, 0.15) is 5.03 Å². The van der Waals surface area contributed by atoms with Crippen LogP contribution >= 0.6 is 11.8 Å². The van der Waals surface area contributed by atoms with Gasteiger partial charge in [-0.05, 0) is 36.1 Å². The monoisotopic (exact) mass is 302 g/mol. The lowest BCUT2D eigenvalue weighted by Gasteiger charge is -2.08. The zero-order chi connectivity index (χ0) is 15.2. The van der Waals surface area contributed by atoms with Gasteiger partial charge in [-0.2, -0.15) is 0 Å². The molecule has 0 aliphatic carbocycles. The number of nitrogens with one attached hydrogen (secondary N) is 1. The standard InChI is InChI=1S/C15H14N2O3S/c1-21-14-12(3-2-8-16-14)13(18)17-9-10-4-6-11(7-5-10)15(19)20/h2-8H,9H2,1H3,(H,17,18)(H,19,20). The smallest absolute Gasteiger partial charge is 0.335 e. The molecule has 0 spiro atoms. The molecule has 1 aromatic carbocycles. The minimum absolute atomic E-state index is 0.199. The molecule has 1 heterocycles. The molecule has 0 bridgehead atoms. The molecule has 2 rings (SSSR count). The normalized spacial score (nSPS) is 10.1. The molecule has 0 radical (unpaired) electrons. The number of carbonyl (C=O) groups excluding carboxylic acids is 1. The molecular weight excluding hydrogens is 288 g/mol. The van der Waals surface area contributed by atoms with Crippen LogP contribution in [0.3, 0.4) is 0 Å². The first-order valence-electron chi connectivity index (χ1n) is 6.21. The highest BCUT2D eigenvalue weighted by Gasteiger charge is 2.11. The van der Waals surface area contributed by atoms with E-state index in [0.717, 1.165) is 5.56 Å². The average molecular weight is 302 g/mol. The van der Waals surface area contributed by atoms with Gasteiger partial charge < -0.3 is 10.4 Å². The predicted molar refractivity (Wildman–Crippen MR) is 80.6 cm³/mol. The lowest BCUT2D eigenvalue weighted by molar-refractivity contribution is 0.0696. The second-order valence-electron chi connectivity index (χ2n) is 4.24. The summed E-state index contributed by atoms with van der Waals surface area (Å²) in [6.45, 7) is 0.335. The van der Waals surface area contributed by atoms with Gasteiger partial charge in [0.2, 0.25) is 0 Å². The molecule has 2 aromatic rings. The molecule has 0 aliphatic heterocycles. The summed E-state index contributed by atoms with van der Waals surface area (Å²) in [7, 11) is 0. The summed E-state index contributed by atoms with van der Waals surface area (Å²) in [5.41, 5.74) is 1.59. The van der Waals surface area contributed by atoms with Gasteiger partial charge in [-0.1, -0.05) is 12.1 Å². The van der Waals surface area contributed by atoms with Crippen LogP contribution in [0.15, 0.2) is 47.6 Å². The van der Waals surface area contributed by atoms with Gasteiger partial charge in [-0.15, -0.1) is 11.8 Å². The number of carbonyl (C=O) groups is 2. The van der Waals surface area contributed by atoms with Gasteiger partial charge in [-0.3, -0.25) is 4.79 Å². The minimum atomic E-state index is -0.967. The van der Waals surface area contributed by atoms with Crippen molar-refractivity contribution >= 4 is 23.6 Å². The summed E-state index contributed by atoms with van der Waals surface area (Å²) in [5, 5.41) is 12.3. The maximum Gasteiger partial charge on any atom is 0.335 e. The molecule has 0 saturated heterocycles. The van der Waals surface area contributed by atoms with E-state index in [4.69, 9.17) is 5.11 Å². The van der Waals surface area contributed by atoms with Crippen LogP contribution in [0.2, 0.25) is 0 Å². The Morgan fingerprint density at radius 3 is 2.57 bits per heavy atom. The molecule has 108 valence electrons. The average Bonchev–Trinajstić information content (AvgIpc) is 2.52. The molecule has 0 atom stereocenters. The number of hydrogen-bond donors (Lipinski definition) is 2. The summed E-state index contributed by atoms with van der Waals surface area (Å²) in [4.78, 5) is 27.0. The molecule has 1 aromatic heterocycles. The largest absolute Gasteiger partial charge is 0.478 e. The van der Waals surface area contributed by atoms with Crippen molar-refractivity contribution in [1.82, 2.24) is 10.3 Å². The van der Waals surface area contributed by atoms with Gasteiger partial charge in [0, 0.05) is 12.7 Å². The number of aromatic nitrogens is 1. The molecule has 0 unspecified atom stereocenters. The van der Waals surface area contributed by atoms with Crippen LogP contribution in [0.1, 0.15) is 26.3 Å². The van der Waals surface area contributed by atoms with Crippen LogP contribution in [0.25, 0.3) is 0 Å². The van der Waals surface area contributed by atoms with Gasteiger partial charge in [-0.25, -0.2) is 9.78 Å². The number of amides is 1. The van der Waals surface area contributed by atoms with Crippen molar-refractivity contribution in [3.8, 4) is 0 Å². The highest BCUT2D eigenvalue weighted by Crippen LogP contribution is 2.16. The summed E-state index contributed by atoms with van der Waals surface area (Å²) in [5.74, 6) is -1.17. The van der Waals surface area contributed by atoms with E-state index in [0.29, 0.717) is 17.1 Å². The van der Waals surface area contributed by atoms with Crippen molar-refractivity contribution in [2.75, 3.05) is 6.26 Å². The number of rotatable bonds is 5. The third-order valence-corrected chi connectivity index (χ3v) is 3.58. The van der Waals surface area contributed by atoms with Gasteiger partial charge >= 0.3 is 5.97 Å². The Balaban J connectivity index is 2.02. The van der Waals surface area contributed by atoms with Crippen LogP contribution in [0.4, 0.5) is 0 Å². The SMILES string of the molecule is CSc1ncccc1C(=O)NCc1ccc(C(=O)O)cc1. The molecule has 1 amide bonds. The number of aromatic carboxylic acids is 1. The van der Waals surface area contributed by atoms with Crippen molar-refractivity contribution < 1.29 is 14.7 Å². The van der Waals surface area contributed by atoms with E-state index in [9.17, 15) is 9.59 Å². The highest BCUT2D eigenvalue weighted by atomic mass is 32.2. The van der Waals surface area contributed by atoms with Crippen molar-refractivity contribution in [2.45, 2.75) is 11.6 Å². The van der Waals surface area contributed by atoms with E-state index in [1.165, 1.54) is 23.9 Å². The quantitative estimate of drug-likeness (QED) is 0.829. The number of thioether (sulfide) groups is 1. The van der Waals surface area contributed by atoms with Crippen molar-refractivity contribution in [3.05, 3.63) is 59.3 Å². The number of pyridine rings is 1. The maximum atomic E-state index is 12.1. The van der Waals surface area contributed by atoms with Gasteiger partial charge in [0.25, 0.3) is 5.91 Å². The van der Waals surface area contributed by atoms with Crippen LogP contribution in [-0.4, -0.2) is 28.2 Å². The first-order chi connectivity index (χ1) is 10.1. The van der Waals surface area contributed by atoms with E-state index in [2.05, 4.69) is 10.3 Å². The maximum absolute atomic E-state index is 12.1. The zero-order valence-electron chi connectivity index (χ0n) is 11.4. The molecule has 6 heteroatoms. The van der Waals surface area contributed by atoms with Crippen molar-refractivity contribution in [1.29, 1.82) is 0 Å². The van der Waals surface area contributed by atoms with E-state index < -0.39 is 5.97 Å². The number of carboxylic acids is 1. The molecule has 0 aliphatic rings. The Labute approximate surface area is 126 Å². The first-order valence-corrected chi connectivity index (χ1v) is 7.43. The van der Waals surface area contributed by atoms with Crippen molar-refractivity contribution in [3.63, 3.8) is 0 Å². The Hall–Kier alpha value is -2.34. The highest BCUT2D eigenvalue weighted by molar-refractivity contribution is 7.98. The van der Waals surface area contributed by atoms with Crippen LogP contribution in [0.5, 0.6) is 0 Å². The molecule has 21 heavy (non-hydrogen) atoms. The number of benzene rings is 1. The van der Waals surface area contributed by atoms with Crippen molar-refractivity contribution in [2.24, 2.45) is 0 Å². The van der Waals surface area contributed by atoms with Crippen LogP contribution < -0.4 is 5.32 Å². The molecule has 2 N–H and O–H groups in total. The van der Waals surface area contributed by atoms with E-state index in [1.54, 1.807) is 30.5 Å². The fourth-order valence-corrected chi connectivity index (χ4v) is 2.32. The molecule has 0 saturated carbocycles. The molecular formula is C15H14N2O3S. The van der Waals surface area contributed by atoms with Gasteiger partial charge in [0.15, 0.2) is 0 Å². The molecule has 0 fully saturated rings. The third kappa shape index (κ3) is 3.82. The second-order valence-corrected chi connectivity index (χ2v) is 5.04. The Morgan fingerprint density at radius 1 is 1.24 bits per heavy atom. The lowest BCUT2D eigenvalue weighted by Crippen LogP contribution is -2.23. The summed E-state index contributed by atoms with van der Waals surface area (Å²) >= 11 is 1.41. The fraction of sp³-hybridized carbons (Fsp3) is 0.133. The Morgan fingerprint density at radius 2 is 1.95 bits per heavy atom. The van der Waals surface area contributed by atoms with E-state index in [1.807, 2.05) is 6.26 Å². The number of nitrogens with zero attached hydrogens (tertiary/aromatic N) is 1. The van der Waals surface area contributed by atoms with Gasteiger partial charge in [0.05, 0.1) is 11.1 Å². The second kappa shape index (κ2) is 6.90. The topological polar surface area (TPSA) is 79.3 Å². The van der Waals surface area contributed by atoms with Crippen LogP contribution in [0, 0.1) is 0 Å². The summed E-state index contributed by atoms with van der Waals surface area (Å²) < 4.78 is 0. The summed E-state index contributed by atoms with van der Waals surface area (Å²) in [6.07, 6.45) is 3.51. The lowest BCUT2D eigenvalue weighted by atomic mass is 10.1. The Bertz CT molecular complexity index is 656. The van der Waals surface area contributed by atoms with E-state index in [-0.39, 0.29) is 11.5 Å². The fourth-order valence-electron chi connectivity index (χ4n) is 1.77. The Kier molecular flexibility index (Phi) is 4.94. The number of hydrogen-bond acceptors (Lipinski definition) is 4.